The van der Waals surface area contributed by atoms with Crippen LogP contribution in [0.5, 0.6) is 0 Å². The molecule has 0 aromatic heterocycles. The Labute approximate surface area is 108 Å². The minimum atomic E-state index is -0.176. The highest BCUT2D eigenvalue weighted by Gasteiger charge is 2.22. The summed E-state index contributed by atoms with van der Waals surface area (Å²) >= 11 is 0. The van der Waals surface area contributed by atoms with Gasteiger partial charge in [0.1, 0.15) is 5.82 Å². The van der Waals surface area contributed by atoms with Crippen molar-refractivity contribution in [3.63, 3.8) is 0 Å². The van der Waals surface area contributed by atoms with Gasteiger partial charge in [0.05, 0.1) is 0 Å². The lowest BCUT2D eigenvalue weighted by molar-refractivity contribution is 0.0935. The number of rotatable bonds is 4. The van der Waals surface area contributed by atoms with Crippen LogP contribution in [-0.4, -0.2) is 35.7 Å². The van der Waals surface area contributed by atoms with E-state index in [-0.39, 0.29) is 5.82 Å². The zero-order valence-corrected chi connectivity index (χ0v) is 11.0. The number of aliphatic hydroxyl groups is 1. The van der Waals surface area contributed by atoms with E-state index in [0.29, 0.717) is 18.6 Å². The normalized spacial score (nSPS) is 22.9. The first-order valence-electron chi connectivity index (χ1n) is 6.78. The Morgan fingerprint density at radius 2 is 2.11 bits per heavy atom. The van der Waals surface area contributed by atoms with Crippen LogP contribution in [0.4, 0.5) is 4.39 Å². The first kappa shape index (κ1) is 13.5. The number of nitrogens with zero attached hydrogens (tertiary/aromatic N) is 1. The number of halogens is 1. The SMILES string of the molecule is C[C@H](Cc1ccc(F)cc1)N1CCC[C@@H](CO)C1. The molecule has 0 unspecified atom stereocenters. The minimum absolute atomic E-state index is 0.176. The molecular formula is C15H22FNO. The lowest BCUT2D eigenvalue weighted by atomic mass is 9.96. The Morgan fingerprint density at radius 1 is 1.39 bits per heavy atom. The van der Waals surface area contributed by atoms with Gasteiger partial charge in [0.2, 0.25) is 0 Å². The van der Waals surface area contributed by atoms with Gasteiger partial charge in [-0.3, -0.25) is 4.90 Å². The predicted molar refractivity (Wildman–Crippen MR) is 70.9 cm³/mol. The third-order valence-corrected chi connectivity index (χ3v) is 3.88. The lowest BCUT2D eigenvalue weighted by Gasteiger charge is -2.36. The Bertz CT molecular complexity index is 365. The van der Waals surface area contributed by atoms with E-state index in [4.69, 9.17) is 0 Å². The standard InChI is InChI=1S/C15H22FNO/c1-12(9-13-4-6-15(16)7-5-13)17-8-2-3-14(10-17)11-18/h4-7,12,14,18H,2-3,8-11H2,1H3/t12-,14-/m1/s1. The smallest absolute Gasteiger partial charge is 0.123 e. The second-order valence-corrected chi connectivity index (χ2v) is 5.37. The summed E-state index contributed by atoms with van der Waals surface area (Å²) in [6, 6.07) is 7.21. The summed E-state index contributed by atoms with van der Waals surface area (Å²) in [7, 11) is 0. The van der Waals surface area contributed by atoms with Crippen LogP contribution >= 0.6 is 0 Å². The Hall–Kier alpha value is -0.930. The number of likely N-dealkylation sites (tertiary alicyclic amines) is 1. The summed E-state index contributed by atoms with van der Waals surface area (Å²) in [5.74, 6) is 0.249. The first-order valence-corrected chi connectivity index (χ1v) is 6.78. The molecule has 1 heterocycles. The fourth-order valence-corrected chi connectivity index (χ4v) is 2.74. The van der Waals surface area contributed by atoms with Crippen LogP contribution in [0.3, 0.4) is 0 Å². The van der Waals surface area contributed by atoms with Gasteiger partial charge in [-0.2, -0.15) is 0 Å². The van der Waals surface area contributed by atoms with E-state index in [1.165, 1.54) is 24.1 Å². The monoisotopic (exact) mass is 251 g/mol. The van der Waals surface area contributed by atoms with Crippen molar-refractivity contribution in [1.29, 1.82) is 0 Å². The van der Waals surface area contributed by atoms with Gasteiger partial charge >= 0.3 is 0 Å². The highest BCUT2D eigenvalue weighted by molar-refractivity contribution is 5.17. The van der Waals surface area contributed by atoms with Gasteiger partial charge in [-0.1, -0.05) is 12.1 Å². The molecule has 0 amide bonds. The molecule has 1 aliphatic heterocycles. The maximum Gasteiger partial charge on any atom is 0.123 e. The van der Waals surface area contributed by atoms with Gasteiger partial charge in [0, 0.05) is 19.2 Å². The molecule has 1 aromatic carbocycles. The Balaban J connectivity index is 1.90. The van der Waals surface area contributed by atoms with Gasteiger partial charge in [-0.05, 0) is 56.3 Å². The molecule has 18 heavy (non-hydrogen) atoms. The maximum atomic E-state index is 12.8. The van der Waals surface area contributed by atoms with E-state index in [0.717, 1.165) is 25.9 Å². The van der Waals surface area contributed by atoms with Crippen LogP contribution in [0.25, 0.3) is 0 Å². The number of hydrogen-bond acceptors (Lipinski definition) is 2. The second-order valence-electron chi connectivity index (χ2n) is 5.37. The zero-order valence-electron chi connectivity index (χ0n) is 11.0. The lowest BCUT2D eigenvalue weighted by Crippen LogP contribution is -2.43. The zero-order chi connectivity index (χ0) is 13.0. The highest BCUT2D eigenvalue weighted by atomic mass is 19.1. The van der Waals surface area contributed by atoms with Gasteiger partial charge in [0.25, 0.3) is 0 Å². The third kappa shape index (κ3) is 3.53. The van der Waals surface area contributed by atoms with E-state index in [1.54, 1.807) is 0 Å². The predicted octanol–water partition coefficient (Wildman–Crippen LogP) is 2.46. The number of benzene rings is 1. The summed E-state index contributed by atoms with van der Waals surface area (Å²) in [6.45, 7) is 4.60. The van der Waals surface area contributed by atoms with E-state index in [2.05, 4.69) is 11.8 Å². The molecule has 1 N–H and O–H groups in total. The molecule has 2 atom stereocenters. The van der Waals surface area contributed by atoms with Gasteiger partial charge in [-0.15, -0.1) is 0 Å². The van der Waals surface area contributed by atoms with E-state index in [1.807, 2.05) is 12.1 Å². The van der Waals surface area contributed by atoms with Gasteiger partial charge < -0.3 is 5.11 Å². The molecule has 0 radical (unpaired) electrons. The molecule has 1 saturated heterocycles. The molecule has 1 aliphatic rings. The first-order chi connectivity index (χ1) is 8.69. The number of hydrogen-bond donors (Lipinski definition) is 1. The van der Waals surface area contributed by atoms with Crippen molar-refractivity contribution >= 4 is 0 Å². The van der Waals surface area contributed by atoms with Crippen molar-refractivity contribution in [3.8, 4) is 0 Å². The Morgan fingerprint density at radius 3 is 2.78 bits per heavy atom. The molecule has 1 fully saturated rings. The average Bonchev–Trinajstić information content (AvgIpc) is 2.41. The molecule has 2 nitrogen and oxygen atoms in total. The molecular weight excluding hydrogens is 229 g/mol. The number of aliphatic hydroxyl groups excluding tert-OH is 1. The topological polar surface area (TPSA) is 23.5 Å². The largest absolute Gasteiger partial charge is 0.396 e. The molecule has 0 bridgehead atoms. The molecule has 0 saturated carbocycles. The van der Waals surface area contributed by atoms with E-state index < -0.39 is 0 Å². The van der Waals surface area contributed by atoms with E-state index in [9.17, 15) is 9.50 Å². The maximum absolute atomic E-state index is 12.8. The van der Waals surface area contributed by atoms with Crippen LogP contribution in [0.2, 0.25) is 0 Å². The second kappa shape index (κ2) is 6.30. The third-order valence-electron chi connectivity index (χ3n) is 3.88. The molecule has 100 valence electrons. The molecule has 0 spiro atoms. The van der Waals surface area contributed by atoms with Crippen molar-refractivity contribution in [3.05, 3.63) is 35.6 Å². The van der Waals surface area contributed by atoms with Gasteiger partial charge in [-0.25, -0.2) is 4.39 Å². The van der Waals surface area contributed by atoms with Crippen LogP contribution in [0.15, 0.2) is 24.3 Å². The minimum Gasteiger partial charge on any atom is -0.396 e. The van der Waals surface area contributed by atoms with E-state index >= 15 is 0 Å². The average molecular weight is 251 g/mol. The molecule has 3 heteroatoms. The van der Waals surface area contributed by atoms with Crippen molar-refractivity contribution in [2.24, 2.45) is 5.92 Å². The van der Waals surface area contributed by atoms with Crippen LogP contribution in [-0.2, 0) is 6.42 Å². The highest BCUT2D eigenvalue weighted by Crippen LogP contribution is 2.19. The molecule has 0 aliphatic carbocycles. The summed E-state index contributed by atoms with van der Waals surface area (Å²) in [5.41, 5.74) is 1.18. The fourth-order valence-electron chi connectivity index (χ4n) is 2.74. The Kier molecular flexibility index (Phi) is 4.72. The molecule has 2 rings (SSSR count). The molecule has 1 aromatic rings. The van der Waals surface area contributed by atoms with Crippen LogP contribution in [0.1, 0.15) is 25.3 Å². The van der Waals surface area contributed by atoms with Crippen molar-refractivity contribution in [2.45, 2.75) is 32.2 Å². The van der Waals surface area contributed by atoms with Crippen molar-refractivity contribution in [1.82, 2.24) is 4.90 Å². The summed E-state index contributed by atoms with van der Waals surface area (Å²) < 4.78 is 12.8. The fraction of sp³-hybridized carbons (Fsp3) is 0.600. The van der Waals surface area contributed by atoms with Gasteiger partial charge in [0.15, 0.2) is 0 Å². The summed E-state index contributed by atoms with van der Waals surface area (Å²) in [4.78, 5) is 2.44. The van der Waals surface area contributed by atoms with Crippen LogP contribution in [0, 0.1) is 11.7 Å². The quantitative estimate of drug-likeness (QED) is 0.888. The summed E-state index contributed by atoms with van der Waals surface area (Å²) in [6.07, 6.45) is 3.24. The summed E-state index contributed by atoms with van der Waals surface area (Å²) in [5, 5.41) is 9.24. The van der Waals surface area contributed by atoms with Crippen molar-refractivity contribution in [2.75, 3.05) is 19.7 Å². The number of piperidine rings is 1. The van der Waals surface area contributed by atoms with Crippen LogP contribution < -0.4 is 0 Å². The van der Waals surface area contributed by atoms with Crippen molar-refractivity contribution < 1.29 is 9.50 Å².